The Morgan fingerprint density at radius 2 is 2.06 bits per heavy atom. The molecule has 1 heterocycles. The zero-order valence-electron chi connectivity index (χ0n) is 10.6. The van der Waals surface area contributed by atoms with Gasteiger partial charge in [0.25, 0.3) is 0 Å². The molecule has 100 valence electrons. The number of halogens is 2. The normalized spacial score (nSPS) is 18.8. The van der Waals surface area contributed by atoms with Crippen molar-refractivity contribution < 1.29 is 4.74 Å². The molecule has 0 bridgehead atoms. The molecule has 1 saturated heterocycles. The molecule has 0 amide bonds. The molecule has 0 saturated carbocycles. The maximum atomic E-state index is 6.18. The Morgan fingerprint density at radius 1 is 1.33 bits per heavy atom. The minimum Gasteiger partial charge on any atom is -0.381 e. The third-order valence-electron chi connectivity index (χ3n) is 3.28. The van der Waals surface area contributed by atoms with E-state index in [0.29, 0.717) is 17.1 Å². The molecular formula is C14H19Cl2NO. The Kier molecular flexibility index (Phi) is 5.31. The van der Waals surface area contributed by atoms with Crippen LogP contribution in [-0.4, -0.2) is 25.3 Å². The fourth-order valence-corrected chi connectivity index (χ4v) is 2.83. The quantitative estimate of drug-likeness (QED) is 0.912. The predicted octanol–water partition coefficient (Wildman–Crippen LogP) is 3.69. The van der Waals surface area contributed by atoms with Gasteiger partial charge in [0.1, 0.15) is 0 Å². The minimum atomic E-state index is 0.409. The Hall–Kier alpha value is -0.280. The minimum absolute atomic E-state index is 0.409. The third-order valence-corrected chi connectivity index (χ3v) is 3.87. The highest BCUT2D eigenvalue weighted by Gasteiger charge is 2.16. The fraction of sp³-hybridized carbons (Fsp3) is 0.571. The van der Waals surface area contributed by atoms with Crippen LogP contribution in [0.25, 0.3) is 0 Å². The van der Waals surface area contributed by atoms with E-state index in [4.69, 9.17) is 27.9 Å². The van der Waals surface area contributed by atoms with Crippen LogP contribution in [0.15, 0.2) is 18.2 Å². The van der Waals surface area contributed by atoms with Gasteiger partial charge in [-0.3, -0.25) is 0 Å². The number of benzene rings is 1. The Morgan fingerprint density at radius 3 is 2.72 bits per heavy atom. The van der Waals surface area contributed by atoms with Crippen LogP contribution in [0.5, 0.6) is 0 Å². The number of hydrogen-bond acceptors (Lipinski definition) is 2. The van der Waals surface area contributed by atoms with E-state index < -0.39 is 0 Å². The zero-order chi connectivity index (χ0) is 13.0. The van der Waals surface area contributed by atoms with Crippen LogP contribution in [0, 0.1) is 0 Å². The first-order valence-corrected chi connectivity index (χ1v) is 7.18. The molecule has 18 heavy (non-hydrogen) atoms. The summed E-state index contributed by atoms with van der Waals surface area (Å²) in [4.78, 5) is 0. The van der Waals surface area contributed by atoms with Crippen LogP contribution >= 0.6 is 23.2 Å². The maximum absolute atomic E-state index is 6.18. The average molecular weight is 288 g/mol. The molecule has 0 spiro atoms. The highest BCUT2D eigenvalue weighted by atomic mass is 35.5. The molecule has 1 unspecified atom stereocenters. The molecule has 0 radical (unpaired) electrons. The molecular weight excluding hydrogens is 269 g/mol. The highest BCUT2D eigenvalue weighted by Crippen LogP contribution is 2.22. The van der Waals surface area contributed by atoms with E-state index in [0.717, 1.165) is 43.1 Å². The lowest BCUT2D eigenvalue weighted by atomic mass is 10.0. The van der Waals surface area contributed by atoms with Crippen LogP contribution in [0.3, 0.4) is 0 Å². The summed E-state index contributed by atoms with van der Waals surface area (Å²) in [5.41, 5.74) is 1.15. The second-order valence-corrected chi connectivity index (χ2v) is 5.74. The summed E-state index contributed by atoms with van der Waals surface area (Å²) in [5.74, 6) is 0. The standard InChI is InChI=1S/C14H19Cl2NO/c1-10(17-13-4-6-18-7-5-13)8-11-2-3-12(15)9-14(11)16/h2-3,9-10,13,17H,4-8H2,1H3. The number of nitrogens with one attached hydrogen (secondary N) is 1. The molecule has 1 atom stereocenters. The fourth-order valence-electron chi connectivity index (χ4n) is 2.34. The molecule has 2 nitrogen and oxygen atoms in total. The van der Waals surface area contributed by atoms with E-state index in [1.165, 1.54) is 0 Å². The molecule has 1 N–H and O–H groups in total. The van der Waals surface area contributed by atoms with Crippen molar-refractivity contribution >= 4 is 23.2 Å². The average Bonchev–Trinajstić information content (AvgIpc) is 2.34. The highest BCUT2D eigenvalue weighted by molar-refractivity contribution is 6.35. The summed E-state index contributed by atoms with van der Waals surface area (Å²) in [5, 5.41) is 5.08. The van der Waals surface area contributed by atoms with Gasteiger partial charge < -0.3 is 10.1 Å². The molecule has 4 heteroatoms. The van der Waals surface area contributed by atoms with E-state index in [2.05, 4.69) is 12.2 Å². The second kappa shape index (κ2) is 6.76. The van der Waals surface area contributed by atoms with E-state index in [-0.39, 0.29) is 0 Å². The summed E-state index contributed by atoms with van der Waals surface area (Å²) in [6.45, 7) is 3.93. The van der Waals surface area contributed by atoms with Crippen LogP contribution in [0.2, 0.25) is 10.0 Å². The van der Waals surface area contributed by atoms with Crippen molar-refractivity contribution in [1.82, 2.24) is 5.32 Å². The van der Waals surface area contributed by atoms with Gasteiger partial charge >= 0.3 is 0 Å². The largest absolute Gasteiger partial charge is 0.381 e. The van der Waals surface area contributed by atoms with E-state index >= 15 is 0 Å². The van der Waals surface area contributed by atoms with E-state index in [1.807, 2.05) is 12.1 Å². The summed E-state index contributed by atoms with van der Waals surface area (Å²) in [6, 6.07) is 6.68. The monoisotopic (exact) mass is 287 g/mol. The van der Waals surface area contributed by atoms with Crippen molar-refractivity contribution in [3.05, 3.63) is 33.8 Å². The van der Waals surface area contributed by atoms with Crippen LogP contribution < -0.4 is 5.32 Å². The van der Waals surface area contributed by atoms with Crippen molar-refractivity contribution in [2.75, 3.05) is 13.2 Å². The summed E-state index contributed by atoms with van der Waals surface area (Å²) < 4.78 is 5.36. The van der Waals surface area contributed by atoms with Crippen molar-refractivity contribution in [3.63, 3.8) is 0 Å². The Balaban J connectivity index is 1.87. The number of hydrogen-bond donors (Lipinski definition) is 1. The van der Waals surface area contributed by atoms with Gasteiger partial charge in [0, 0.05) is 35.3 Å². The predicted molar refractivity (Wildman–Crippen MR) is 76.6 cm³/mol. The molecule has 1 fully saturated rings. The molecule has 0 aromatic heterocycles. The zero-order valence-corrected chi connectivity index (χ0v) is 12.1. The van der Waals surface area contributed by atoms with Crippen molar-refractivity contribution in [1.29, 1.82) is 0 Å². The van der Waals surface area contributed by atoms with Crippen molar-refractivity contribution in [2.24, 2.45) is 0 Å². The van der Waals surface area contributed by atoms with Gasteiger partial charge in [-0.25, -0.2) is 0 Å². The summed E-state index contributed by atoms with van der Waals surface area (Å²) >= 11 is 12.1. The first-order chi connectivity index (χ1) is 8.65. The maximum Gasteiger partial charge on any atom is 0.0480 e. The van der Waals surface area contributed by atoms with Crippen molar-refractivity contribution in [2.45, 2.75) is 38.3 Å². The van der Waals surface area contributed by atoms with Gasteiger partial charge in [0.2, 0.25) is 0 Å². The smallest absolute Gasteiger partial charge is 0.0480 e. The van der Waals surface area contributed by atoms with Gasteiger partial charge in [0.05, 0.1) is 0 Å². The molecule has 1 aromatic carbocycles. The molecule has 1 aromatic rings. The van der Waals surface area contributed by atoms with E-state index in [1.54, 1.807) is 6.07 Å². The van der Waals surface area contributed by atoms with Crippen LogP contribution in [0.4, 0.5) is 0 Å². The second-order valence-electron chi connectivity index (χ2n) is 4.89. The van der Waals surface area contributed by atoms with Gasteiger partial charge in [-0.15, -0.1) is 0 Å². The van der Waals surface area contributed by atoms with Gasteiger partial charge in [0.15, 0.2) is 0 Å². The summed E-state index contributed by atoms with van der Waals surface area (Å²) in [6.07, 6.45) is 3.12. The Labute approximate surface area is 119 Å². The molecule has 0 aliphatic carbocycles. The van der Waals surface area contributed by atoms with Gasteiger partial charge in [-0.2, -0.15) is 0 Å². The van der Waals surface area contributed by atoms with E-state index in [9.17, 15) is 0 Å². The summed E-state index contributed by atoms with van der Waals surface area (Å²) in [7, 11) is 0. The van der Waals surface area contributed by atoms with Gasteiger partial charge in [-0.05, 0) is 43.9 Å². The lowest BCUT2D eigenvalue weighted by Crippen LogP contribution is -2.41. The first kappa shape index (κ1) is 14.1. The first-order valence-electron chi connectivity index (χ1n) is 6.43. The lowest BCUT2D eigenvalue weighted by molar-refractivity contribution is 0.0755. The molecule has 1 aliphatic heterocycles. The SMILES string of the molecule is CC(Cc1ccc(Cl)cc1Cl)NC1CCOCC1. The number of ether oxygens (including phenoxy) is 1. The topological polar surface area (TPSA) is 21.3 Å². The Bertz CT molecular complexity index is 391. The number of rotatable bonds is 4. The third kappa shape index (κ3) is 4.13. The van der Waals surface area contributed by atoms with Gasteiger partial charge in [-0.1, -0.05) is 29.3 Å². The molecule has 1 aliphatic rings. The van der Waals surface area contributed by atoms with Crippen LogP contribution in [-0.2, 0) is 11.2 Å². The van der Waals surface area contributed by atoms with Crippen molar-refractivity contribution in [3.8, 4) is 0 Å². The molecule has 2 rings (SSSR count). The van der Waals surface area contributed by atoms with Crippen LogP contribution in [0.1, 0.15) is 25.3 Å². The lowest BCUT2D eigenvalue weighted by Gasteiger charge is -2.27.